The normalized spacial score (nSPS) is 24.1. The summed E-state index contributed by atoms with van der Waals surface area (Å²) in [6, 6.07) is 22.5. The number of amides is 1. The monoisotopic (exact) mass is 435 g/mol. The van der Waals surface area contributed by atoms with Crippen molar-refractivity contribution in [2.75, 3.05) is 33.7 Å². The summed E-state index contributed by atoms with van der Waals surface area (Å²) < 4.78 is 5.80. The van der Waals surface area contributed by atoms with Crippen LogP contribution in [0.15, 0.2) is 60.7 Å². The fourth-order valence-electron chi connectivity index (χ4n) is 5.27. The summed E-state index contributed by atoms with van der Waals surface area (Å²) in [4.78, 5) is 20.1. The Morgan fingerprint density at radius 3 is 2.00 bits per heavy atom. The molecule has 2 aromatic carbocycles. The van der Waals surface area contributed by atoms with Gasteiger partial charge in [-0.3, -0.25) is 4.90 Å². The van der Waals surface area contributed by atoms with Gasteiger partial charge in [0.25, 0.3) is 0 Å². The molecule has 2 aliphatic rings. The van der Waals surface area contributed by atoms with Gasteiger partial charge >= 0.3 is 6.09 Å². The van der Waals surface area contributed by atoms with Gasteiger partial charge in [0.15, 0.2) is 0 Å². The number of likely N-dealkylation sites (N-methyl/N-ethyl adjacent to an activating group) is 1. The molecule has 2 aromatic rings. The van der Waals surface area contributed by atoms with Crippen molar-refractivity contribution in [3.05, 3.63) is 71.8 Å². The first-order valence-corrected chi connectivity index (χ1v) is 11.7. The van der Waals surface area contributed by atoms with Crippen molar-refractivity contribution in [1.29, 1.82) is 0 Å². The van der Waals surface area contributed by atoms with E-state index in [4.69, 9.17) is 4.74 Å². The highest BCUT2D eigenvalue weighted by molar-refractivity contribution is 5.68. The summed E-state index contributed by atoms with van der Waals surface area (Å²) in [5.74, 6) is 0.186. The maximum Gasteiger partial charge on any atom is 0.410 e. The fraction of sp³-hybridized carbons (Fsp3) is 0.519. The van der Waals surface area contributed by atoms with Gasteiger partial charge in [-0.1, -0.05) is 60.7 Å². The number of benzene rings is 2. The molecule has 4 rings (SSSR count). The summed E-state index contributed by atoms with van der Waals surface area (Å²) in [6.07, 6.45) is 0.870. The molecule has 2 fully saturated rings. The lowest BCUT2D eigenvalue weighted by atomic mass is 9.82. The highest BCUT2D eigenvalue weighted by atomic mass is 16.6. The van der Waals surface area contributed by atoms with Crippen LogP contribution in [0.2, 0.25) is 0 Å². The third kappa shape index (κ3) is 5.00. The molecule has 1 amide bonds. The van der Waals surface area contributed by atoms with Crippen molar-refractivity contribution >= 4 is 6.09 Å². The van der Waals surface area contributed by atoms with E-state index in [1.54, 1.807) is 0 Å². The van der Waals surface area contributed by atoms with Crippen molar-refractivity contribution in [2.45, 2.75) is 56.8 Å². The Kier molecular flexibility index (Phi) is 6.59. The number of nitrogens with zero attached hydrogens (tertiary/aromatic N) is 3. The van der Waals surface area contributed by atoms with Crippen LogP contribution in [-0.2, 0) is 4.74 Å². The highest BCUT2D eigenvalue weighted by Gasteiger charge is 2.46. The number of hydrogen-bond acceptors (Lipinski definition) is 4. The second kappa shape index (κ2) is 9.24. The predicted octanol–water partition coefficient (Wildman–Crippen LogP) is 4.44. The Balaban J connectivity index is 1.72. The number of hydrogen-bond donors (Lipinski definition) is 0. The lowest BCUT2D eigenvalue weighted by Gasteiger charge is -2.47. The zero-order chi connectivity index (χ0) is 22.9. The molecule has 0 spiro atoms. The standard InChI is InChI=1S/C27H37N3O2/c1-27(2,3)32-26(31)29-17-23-16-22(28(4)5)18-30(23)24(19-29)25(20-12-8-6-9-13-20)21-14-10-7-11-15-21/h6-15,22-25H,16-19H2,1-5H3/t22-,23-,24-/m0/s1. The highest BCUT2D eigenvalue weighted by Crippen LogP contribution is 2.38. The van der Waals surface area contributed by atoms with Gasteiger partial charge in [0.1, 0.15) is 5.60 Å². The van der Waals surface area contributed by atoms with E-state index < -0.39 is 5.60 Å². The van der Waals surface area contributed by atoms with Crippen LogP contribution in [0.3, 0.4) is 0 Å². The van der Waals surface area contributed by atoms with Gasteiger partial charge in [-0.25, -0.2) is 4.79 Å². The van der Waals surface area contributed by atoms with Crippen molar-refractivity contribution in [3.8, 4) is 0 Å². The average molecular weight is 436 g/mol. The van der Waals surface area contributed by atoms with E-state index in [-0.39, 0.29) is 18.1 Å². The molecule has 2 saturated heterocycles. The first kappa shape index (κ1) is 22.8. The van der Waals surface area contributed by atoms with E-state index in [0.29, 0.717) is 18.6 Å². The topological polar surface area (TPSA) is 36.0 Å². The molecule has 5 nitrogen and oxygen atoms in total. The van der Waals surface area contributed by atoms with Gasteiger partial charge in [0.2, 0.25) is 0 Å². The molecule has 0 saturated carbocycles. The van der Waals surface area contributed by atoms with E-state index in [1.807, 2.05) is 25.7 Å². The molecule has 2 aliphatic heterocycles. The summed E-state index contributed by atoms with van der Waals surface area (Å²) >= 11 is 0. The molecular formula is C27H37N3O2. The maximum atomic E-state index is 13.1. The molecule has 3 atom stereocenters. The van der Waals surface area contributed by atoms with E-state index >= 15 is 0 Å². The zero-order valence-electron chi connectivity index (χ0n) is 20.1. The van der Waals surface area contributed by atoms with Gasteiger partial charge in [-0.2, -0.15) is 0 Å². The second-order valence-electron chi connectivity index (χ2n) is 10.5. The Labute approximate surface area is 193 Å². The van der Waals surface area contributed by atoms with Crippen molar-refractivity contribution in [1.82, 2.24) is 14.7 Å². The summed E-state index contributed by atoms with van der Waals surface area (Å²) in [6.45, 7) is 8.24. The van der Waals surface area contributed by atoms with E-state index in [0.717, 1.165) is 19.5 Å². The van der Waals surface area contributed by atoms with Gasteiger partial charge in [-0.05, 0) is 52.4 Å². The fourth-order valence-corrected chi connectivity index (χ4v) is 5.27. The quantitative estimate of drug-likeness (QED) is 0.711. The number of ether oxygens (including phenoxy) is 1. The molecule has 172 valence electrons. The van der Waals surface area contributed by atoms with Crippen LogP contribution in [0.4, 0.5) is 4.79 Å². The van der Waals surface area contributed by atoms with Crippen LogP contribution in [0, 0.1) is 0 Å². The van der Waals surface area contributed by atoms with Gasteiger partial charge in [0.05, 0.1) is 0 Å². The van der Waals surface area contributed by atoms with E-state index in [1.165, 1.54) is 11.1 Å². The SMILES string of the molecule is CN(C)[C@H]1C[C@H]2CN(C(=O)OC(C)(C)C)C[C@@H](C(c3ccccc3)c3ccccc3)N2C1. The zero-order valence-corrected chi connectivity index (χ0v) is 20.1. The van der Waals surface area contributed by atoms with Crippen LogP contribution < -0.4 is 0 Å². The first-order valence-electron chi connectivity index (χ1n) is 11.7. The molecule has 0 unspecified atom stereocenters. The molecule has 2 heterocycles. The molecule has 0 bridgehead atoms. The number of carbonyl (C=O) groups is 1. The Morgan fingerprint density at radius 1 is 0.938 bits per heavy atom. The largest absolute Gasteiger partial charge is 0.444 e. The number of rotatable bonds is 4. The minimum atomic E-state index is -0.496. The summed E-state index contributed by atoms with van der Waals surface area (Å²) in [7, 11) is 4.32. The Morgan fingerprint density at radius 2 is 1.50 bits per heavy atom. The lowest BCUT2D eigenvalue weighted by molar-refractivity contribution is -0.00679. The smallest absolute Gasteiger partial charge is 0.410 e. The van der Waals surface area contributed by atoms with Crippen LogP contribution in [0.1, 0.15) is 44.2 Å². The molecule has 5 heteroatoms. The van der Waals surface area contributed by atoms with Crippen LogP contribution >= 0.6 is 0 Å². The van der Waals surface area contributed by atoms with Gasteiger partial charge in [-0.15, -0.1) is 0 Å². The van der Waals surface area contributed by atoms with Crippen LogP contribution in [0.25, 0.3) is 0 Å². The third-order valence-corrected chi connectivity index (χ3v) is 6.78. The molecule has 0 radical (unpaired) electrons. The van der Waals surface area contributed by atoms with E-state index in [9.17, 15) is 4.79 Å². The first-order chi connectivity index (χ1) is 15.2. The average Bonchev–Trinajstić information content (AvgIpc) is 3.19. The third-order valence-electron chi connectivity index (χ3n) is 6.78. The molecular weight excluding hydrogens is 398 g/mol. The Bertz CT molecular complexity index is 855. The van der Waals surface area contributed by atoms with Crippen LogP contribution in [-0.4, -0.2) is 78.2 Å². The molecule has 0 N–H and O–H groups in total. The number of piperazine rings is 1. The molecule has 0 aliphatic carbocycles. The van der Waals surface area contributed by atoms with Crippen molar-refractivity contribution in [3.63, 3.8) is 0 Å². The summed E-state index contributed by atoms with van der Waals surface area (Å²) in [5, 5.41) is 0. The van der Waals surface area contributed by atoms with Gasteiger partial charge < -0.3 is 14.5 Å². The van der Waals surface area contributed by atoms with E-state index in [2.05, 4.69) is 84.6 Å². The van der Waals surface area contributed by atoms with Gasteiger partial charge in [0, 0.05) is 43.7 Å². The summed E-state index contributed by atoms with van der Waals surface area (Å²) in [5.41, 5.74) is 2.09. The lowest BCUT2D eigenvalue weighted by Crippen LogP contribution is -2.60. The minimum Gasteiger partial charge on any atom is -0.444 e. The maximum absolute atomic E-state index is 13.1. The van der Waals surface area contributed by atoms with Crippen molar-refractivity contribution < 1.29 is 9.53 Å². The Hall–Kier alpha value is -2.37. The molecule has 0 aromatic heterocycles. The van der Waals surface area contributed by atoms with Crippen molar-refractivity contribution in [2.24, 2.45) is 0 Å². The number of fused-ring (bicyclic) bond motifs is 1. The predicted molar refractivity (Wildman–Crippen MR) is 129 cm³/mol. The number of carbonyl (C=O) groups excluding carboxylic acids is 1. The molecule has 32 heavy (non-hydrogen) atoms. The second-order valence-corrected chi connectivity index (χ2v) is 10.5. The van der Waals surface area contributed by atoms with Crippen LogP contribution in [0.5, 0.6) is 0 Å². The minimum absolute atomic E-state index is 0.186.